The molecule has 3 rings (SSSR count). The average Bonchev–Trinajstić information content (AvgIpc) is 2.69. The first kappa shape index (κ1) is 18.2. The summed E-state index contributed by atoms with van der Waals surface area (Å²) in [6.07, 6.45) is 7.49. The highest BCUT2D eigenvalue weighted by atomic mass is 19.1. The van der Waals surface area contributed by atoms with Crippen molar-refractivity contribution in [3.8, 4) is 11.6 Å². The van der Waals surface area contributed by atoms with E-state index in [2.05, 4.69) is 10.3 Å². The van der Waals surface area contributed by atoms with E-state index in [-0.39, 0.29) is 11.8 Å². The van der Waals surface area contributed by atoms with E-state index in [1.807, 2.05) is 18.0 Å². The molecule has 0 aliphatic heterocycles. The second-order valence-electron chi connectivity index (χ2n) is 6.62. The molecular formula is C20H24FN3O2. The maximum absolute atomic E-state index is 12.9. The molecule has 6 heteroatoms. The minimum absolute atomic E-state index is 0.0523. The summed E-state index contributed by atoms with van der Waals surface area (Å²) in [4.78, 5) is 18.3. The molecule has 0 saturated heterocycles. The van der Waals surface area contributed by atoms with E-state index in [9.17, 15) is 9.18 Å². The van der Waals surface area contributed by atoms with Gasteiger partial charge in [-0.15, -0.1) is 0 Å². The summed E-state index contributed by atoms with van der Waals surface area (Å²) in [6.45, 7) is 0.416. The van der Waals surface area contributed by atoms with Gasteiger partial charge in [-0.1, -0.05) is 25.3 Å². The highest BCUT2D eigenvalue weighted by Crippen LogP contribution is 2.22. The third-order valence-corrected chi connectivity index (χ3v) is 4.72. The zero-order chi connectivity index (χ0) is 18.4. The van der Waals surface area contributed by atoms with E-state index in [4.69, 9.17) is 4.74 Å². The average molecular weight is 357 g/mol. The number of hydrogen-bond donors (Lipinski definition) is 1. The lowest BCUT2D eigenvalue weighted by Crippen LogP contribution is -2.44. The van der Waals surface area contributed by atoms with Crippen molar-refractivity contribution in [3.63, 3.8) is 0 Å². The van der Waals surface area contributed by atoms with Gasteiger partial charge in [0.1, 0.15) is 11.6 Å². The van der Waals surface area contributed by atoms with Gasteiger partial charge in [0, 0.05) is 31.9 Å². The topological polar surface area (TPSA) is 54.5 Å². The molecule has 2 amide bonds. The monoisotopic (exact) mass is 357 g/mol. The summed E-state index contributed by atoms with van der Waals surface area (Å²) < 4.78 is 18.5. The zero-order valence-corrected chi connectivity index (χ0v) is 15.0. The summed E-state index contributed by atoms with van der Waals surface area (Å²) in [7, 11) is 1.86. The fourth-order valence-corrected chi connectivity index (χ4v) is 3.14. The molecule has 0 unspecified atom stereocenters. The van der Waals surface area contributed by atoms with Gasteiger partial charge in [0.2, 0.25) is 5.88 Å². The normalized spacial score (nSPS) is 14.7. The first-order valence-corrected chi connectivity index (χ1v) is 9.01. The second-order valence-corrected chi connectivity index (χ2v) is 6.62. The van der Waals surface area contributed by atoms with Crippen LogP contribution in [-0.2, 0) is 6.54 Å². The van der Waals surface area contributed by atoms with Gasteiger partial charge in [0.15, 0.2) is 0 Å². The summed E-state index contributed by atoms with van der Waals surface area (Å²) in [5, 5.41) is 2.94. The van der Waals surface area contributed by atoms with Gasteiger partial charge in [0.25, 0.3) is 0 Å². The SMILES string of the molecule is CN(C(=O)NCc1ccc(Oc2ccc(F)cc2)nc1)C1CCCCC1. The number of hydrogen-bond acceptors (Lipinski definition) is 3. The van der Waals surface area contributed by atoms with Crippen molar-refractivity contribution >= 4 is 6.03 Å². The molecule has 0 bridgehead atoms. The highest BCUT2D eigenvalue weighted by Gasteiger charge is 2.21. The summed E-state index contributed by atoms with van der Waals surface area (Å²) in [5.74, 6) is 0.634. The van der Waals surface area contributed by atoms with Crippen molar-refractivity contribution < 1.29 is 13.9 Å². The number of carbonyl (C=O) groups is 1. The predicted molar refractivity (Wildman–Crippen MR) is 97.6 cm³/mol. The molecule has 1 heterocycles. The Labute approximate surface area is 153 Å². The van der Waals surface area contributed by atoms with Gasteiger partial charge >= 0.3 is 6.03 Å². The highest BCUT2D eigenvalue weighted by molar-refractivity contribution is 5.74. The molecule has 2 aromatic rings. The Kier molecular flexibility index (Phi) is 6.04. The van der Waals surface area contributed by atoms with Crippen LogP contribution in [0.5, 0.6) is 11.6 Å². The van der Waals surface area contributed by atoms with Crippen LogP contribution in [0, 0.1) is 5.82 Å². The number of halogens is 1. The van der Waals surface area contributed by atoms with E-state index in [0.717, 1.165) is 18.4 Å². The molecule has 138 valence electrons. The number of ether oxygens (including phenoxy) is 1. The zero-order valence-electron chi connectivity index (χ0n) is 15.0. The summed E-state index contributed by atoms with van der Waals surface area (Å²) in [6, 6.07) is 9.64. The first-order valence-electron chi connectivity index (χ1n) is 9.01. The molecule has 0 spiro atoms. The largest absolute Gasteiger partial charge is 0.439 e. The molecule has 1 aromatic carbocycles. The lowest BCUT2D eigenvalue weighted by Gasteiger charge is -2.31. The minimum atomic E-state index is -0.311. The molecule has 1 aliphatic rings. The molecule has 5 nitrogen and oxygen atoms in total. The van der Waals surface area contributed by atoms with Crippen LogP contribution in [0.3, 0.4) is 0 Å². The molecule has 1 aromatic heterocycles. The molecule has 1 aliphatic carbocycles. The van der Waals surface area contributed by atoms with Crippen LogP contribution in [0.1, 0.15) is 37.7 Å². The lowest BCUT2D eigenvalue weighted by atomic mass is 9.95. The Morgan fingerprint density at radius 2 is 1.92 bits per heavy atom. The van der Waals surface area contributed by atoms with Crippen LogP contribution in [0.4, 0.5) is 9.18 Å². The minimum Gasteiger partial charge on any atom is -0.439 e. The van der Waals surface area contributed by atoms with Crippen LogP contribution >= 0.6 is 0 Å². The summed E-state index contributed by atoms with van der Waals surface area (Å²) in [5.41, 5.74) is 0.891. The number of carbonyl (C=O) groups excluding carboxylic acids is 1. The number of amides is 2. The molecule has 1 fully saturated rings. The van der Waals surface area contributed by atoms with Crippen LogP contribution in [0.25, 0.3) is 0 Å². The fourth-order valence-electron chi connectivity index (χ4n) is 3.14. The number of rotatable bonds is 5. The smallest absolute Gasteiger partial charge is 0.317 e. The van der Waals surface area contributed by atoms with Crippen molar-refractivity contribution in [1.82, 2.24) is 15.2 Å². The van der Waals surface area contributed by atoms with Gasteiger partial charge < -0.3 is 15.0 Å². The van der Waals surface area contributed by atoms with E-state index in [1.165, 1.54) is 31.4 Å². The van der Waals surface area contributed by atoms with E-state index in [0.29, 0.717) is 24.2 Å². The number of nitrogens with one attached hydrogen (secondary N) is 1. The van der Waals surface area contributed by atoms with Crippen LogP contribution < -0.4 is 10.1 Å². The van der Waals surface area contributed by atoms with Gasteiger partial charge in [-0.05, 0) is 42.7 Å². The van der Waals surface area contributed by atoms with Crippen molar-refractivity contribution in [2.75, 3.05) is 7.05 Å². The van der Waals surface area contributed by atoms with E-state index < -0.39 is 0 Å². The Hall–Kier alpha value is -2.63. The number of nitrogens with zero attached hydrogens (tertiary/aromatic N) is 2. The van der Waals surface area contributed by atoms with Crippen molar-refractivity contribution in [2.45, 2.75) is 44.7 Å². The first-order chi connectivity index (χ1) is 12.6. The fraction of sp³-hybridized carbons (Fsp3) is 0.400. The Balaban J connectivity index is 1.49. The number of urea groups is 1. The Bertz CT molecular complexity index is 713. The maximum atomic E-state index is 12.9. The molecule has 26 heavy (non-hydrogen) atoms. The van der Waals surface area contributed by atoms with Gasteiger partial charge in [-0.3, -0.25) is 0 Å². The molecule has 1 N–H and O–H groups in total. The predicted octanol–water partition coefficient (Wildman–Crippen LogP) is 4.49. The van der Waals surface area contributed by atoms with Crippen LogP contribution in [0.2, 0.25) is 0 Å². The lowest BCUT2D eigenvalue weighted by molar-refractivity contribution is 0.173. The van der Waals surface area contributed by atoms with E-state index in [1.54, 1.807) is 24.4 Å². The molecule has 0 radical (unpaired) electrons. The van der Waals surface area contributed by atoms with Gasteiger partial charge in [-0.25, -0.2) is 14.2 Å². The summed E-state index contributed by atoms with van der Waals surface area (Å²) >= 11 is 0. The number of aromatic nitrogens is 1. The quantitative estimate of drug-likeness (QED) is 0.858. The standard InChI is InChI=1S/C20H24FN3O2/c1-24(17-5-3-2-4-6-17)20(25)23-14-15-7-12-19(22-13-15)26-18-10-8-16(21)9-11-18/h7-13,17H,2-6,14H2,1H3,(H,23,25). The van der Waals surface area contributed by atoms with Crippen molar-refractivity contribution in [1.29, 1.82) is 0 Å². The Morgan fingerprint density at radius 3 is 2.58 bits per heavy atom. The number of pyridine rings is 1. The molecule has 1 saturated carbocycles. The van der Waals surface area contributed by atoms with Crippen LogP contribution in [-0.4, -0.2) is 29.0 Å². The van der Waals surface area contributed by atoms with Gasteiger partial charge in [0.05, 0.1) is 0 Å². The van der Waals surface area contributed by atoms with Crippen LogP contribution in [0.15, 0.2) is 42.6 Å². The second kappa shape index (κ2) is 8.65. The van der Waals surface area contributed by atoms with Gasteiger partial charge in [-0.2, -0.15) is 0 Å². The van der Waals surface area contributed by atoms with Crippen molar-refractivity contribution in [3.05, 3.63) is 54.0 Å². The number of benzene rings is 1. The van der Waals surface area contributed by atoms with Crippen molar-refractivity contribution in [2.24, 2.45) is 0 Å². The maximum Gasteiger partial charge on any atom is 0.317 e. The third-order valence-electron chi connectivity index (χ3n) is 4.72. The molecular weight excluding hydrogens is 333 g/mol. The Morgan fingerprint density at radius 1 is 1.19 bits per heavy atom. The van der Waals surface area contributed by atoms with E-state index >= 15 is 0 Å². The molecule has 0 atom stereocenters. The third kappa shape index (κ3) is 4.94.